The summed E-state index contributed by atoms with van der Waals surface area (Å²) >= 11 is 1.15. The number of benzene rings is 1. The number of amides is 1. The molecule has 1 saturated carbocycles. The lowest BCUT2D eigenvalue weighted by Crippen LogP contribution is -2.40. The maximum atomic E-state index is 12.9. The third-order valence-corrected chi connectivity index (χ3v) is 6.90. The van der Waals surface area contributed by atoms with Crippen molar-refractivity contribution >= 4 is 17.2 Å². The minimum absolute atomic E-state index is 0.0227. The van der Waals surface area contributed by atoms with Gasteiger partial charge in [-0.2, -0.15) is 15.3 Å². The number of carbonyl (C=O) groups is 1. The summed E-state index contributed by atoms with van der Waals surface area (Å²) in [5.41, 5.74) is 8.20. The molecule has 10 nitrogen and oxygen atoms in total. The lowest BCUT2D eigenvalue weighted by molar-refractivity contribution is 0.0883. The van der Waals surface area contributed by atoms with Crippen LogP contribution in [0.2, 0.25) is 0 Å². The summed E-state index contributed by atoms with van der Waals surface area (Å²) < 4.78 is 12.8. The van der Waals surface area contributed by atoms with Crippen LogP contribution in [0, 0.1) is 18.3 Å². The van der Waals surface area contributed by atoms with Crippen LogP contribution in [-0.2, 0) is 0 Å². The molecule has 11 heteroatoms. The molecular formula is C23H26N6O4S. The number of rotatable bonds is 7. The Morgan fingerprint density at radius 3 is 2.65 bits per heavy atom. The highest BCUT2D eigenvalue weighted by Crippen LogP contribution is 2.35. The molecule has 0 aliphatic heterocycles. The van der Waals surface area contributed by atoms with E-state index in [-0.39, 0.29) is 18.1 Å². The van der Waals surface area contributed by atoms with Crippen molar-refractivity contribution in [3.63, 3.8) is 0 Å². The first-order valence-electron chi connectivity index (χ1n) is 10.9. The second-order valence-electron chi connectivity index (χ2n) is 8.08. The Hall–Kier alpha value is -3.46. The fourth-order valence-electron chi connectivity index (χ4n) is 3.97. The number of aromatic nitrogens is 3. The Bertz CT molecular complexity index is 1190. The largest absolute Gasteiger partial charge is 0.473 e. The molecule has 1 unspecified atom stereocenters. The fraction of sp³-hybridized carbons (Fsp3) is 0.391. The zero-order valence-corrected chi connectivity index (χ0v) is 19.7. The number of nitriles is 1. The number of nitrogens with one attached hydrogen (secondary N) is 1. The van der Waals surface area contributed by atoms with Gasteiger partial charge in [-0.15, -0.1) is 0 Å². The van der Waals surface area contributed by atoms with Gasteiger partial charge in [0.1, 0.15) is 17.2 Å². The Balaban J connectivity index is 1.34. The van der Waals surface area contributed by atoms with Gasteiger partial charge in [-0.05, 0) is 56.9 Å². The van der Waals surface area contributed by atoms with Gasteiger partial charge in [0.05, 0.1) is 41.9 Å². The number of aliphatic hydroxyl groups excluding tert-OH is 1. The van der Waals surface area contributed by atoms with E-state index < -0.39 is 6.23 Å². The molecule has 1 aliphatic carbocycles. The molecule has 1 fully saturated rings. The molecule has 4 rings (SSSR count). The van der Waals surface area contributed by atoms with E-state index in [1.54, 1.807) is 35.1 Å². The van der Waals surface area contributed by atoms with Crippen LogP contribution < -0.4 is 20.5 Å². The topological polar surface area (TPSA) is 148 Å². The smallest absolute Gasteiger partial charge is 0.276 e. The Labute approximate surface area is 200 Å². The molecule has 0 radical (unpaired) electrons. The SMILES string of the molecule is COc1nc(O[C@H]2CC[C@H](NC(=O)c3cnn(-c4ccc(C#N)cc4)c3C)CC2)c(C(N)O)s1. The number of aliphatic hydroxyl groups is 1. The van der Waals surface area contributed by atoms with Crippen LogP contribution in [0.3, 0.4) is 0 Å². The fourth-order valence-corrected chi connectivity index (χ4v) is 4.68. The summed E-state index contributed by atoms with van der Waals surface area (Å²) in [6.45, 7) is 1.84. The number of ether oxygens (including phenoxy) is 2. The molecule has 34 heavy (non-hydrogen) atoms. The number of thiazole rings is 1. The molecule has 2 heterocycles. The van der Waals surface area contributed by atoms with Gasteiger partial charge in [-0.3, -0.25) is 4.79 Å². The van der Waals surface area contributed by atoms with E-state index in [4.69, 9.17) is 20.5 Å². The minimum atomic E-state index is -1.18. The van der Waals surface area contributed by atoms with Gasteiger partial charge in [0.15, 0.2) is 0 Å². The van der Waals surface area contributed by atoms with Crippen molar-refractivity contribution < 1.29 is 19.4 Å². The molecule has 0 spiro atoms. The number of hydrogen-bond donors (Lipinski definition) is 3. The molecule has 0 saturated heterocycles. The number of nitrogens with two attached hydrogens (primary N) is 1. The maximum Gasteiger partial charge on any atom is 0.276 e. The lowest BCUT2D eigenvalue weighted by atomic mass is 9.92. The first-order valence-corrected chi connectivity index (χ1v) is 11.7. The zero-order valence-electron chi connectivity index (χ0n) is 18.9. The molecule has 4 N–H and O–H groups in total. The molecule has 1 amide bonds. The summed E-state index contributed by atoms with van der Waals surface area (Å²) in [6, 6.07) is 9.15. The third-order valence-electron chi connectivity index (χ3n) is 5.83. The van der Waals surface area contributed by atoms with Crippen molar-refractivity contribution in [3.05, 3.63) is 52.2 Å². The Kier molecular flexibility index (Phi) is 7.12. The van der Waals surface area contributed by atoms with Crippen molar-refractivity contribution in [2.75, 3.05) is 7.11 Å². The van der Waals surface area contributed by atoms with Crippen molar-refractivity contribution in [1.29, 1.82) is 5.26 Å². The van der Waals surface area contributed by atoms with Crippen LogP contribution in [0.1, 0.15) is 58.4 Å². The number of hydrogen-bond acceptors (Lipinski definition) is 9. The average Bonchev–Trinajstić information content (AvgIpc) is 3.44. The van der Waals surface area contributed by atoms with Gasteiger partial charge in [0.2, 0.25) is 5.88 Å². The molecule has 1 aromatic carbocycles. The van der Waals surface area contributed by atoms with E-state index in [9.17, 15) is 9.90 Å². The maximum absolute atomic E-state index is 12.9. The van der Waals surface area contributed by atoms with E-state index in [1.807, 2.05) is 6.92 Å². The van der Waals surface area contributed by atoms with E-state index >= 15 is 0 Å². The molecule has 3 aromatic rings. The summed E-state index contributed by atoms with van der Waals surface area (Å²) in [7, 11) is 1.50. The highest BCUT2D eigenvalue weighted by Gasteiger charge is 2.27. The minimum Gasteiger partial charge on any atom is -0.473 e. The number of carbonyl (C=O) groups excluding carboxylic acids is 1. The van der Waals surface area contributed by atoms with Crippen LogP contribution in [0.5, 0.6) is 11.1 Å². The van der Waals surface area contributed by atoms with E-state index in [0.29, 0.717) is 27.1 Å². The van der Waals surface area contributed by atoms with E-state index in [2.05, 4.69) is 21.5 Å². The van der Waals surface area contributed by atoms with E-state index in [0.717, 1.165) is 48.4 Å². The van der Waals surface area contributed by atoms with Crippen LogP contribution in [-0.4, -0.2) is 45.0 Å². The van der Waals surface area contributed by atoms with Crippen molar-refractivity contribution in [2.45, 2.75) is 51.0 Å². The van der Waals surface area contributed by atoms with Crippen LogP contribution in [0.25, 0.3) is 5.69 Å². The first kappa shape index (κ1) is 23.7. The number of methoxy groups -OCH3 is 1. The summed E-state index contributed by atoms with van der Waals surface area (Å²) in [6.07, 6.45) is 3.26. The summed E-state index contributed by atoms with van der Waals surface area (Å²) in [5, 5.41) is 26.6. The molecule has 1 atom stereocenters. The Morgan fingerprint density at radius 2 is 2.03 bits per heavy atom. The zero-order chi connectivity index (χ0) is 24.2. The molecule has 2 aromatic heterocycles. The quantitative estimate of drug-likeness (QED) is 0.435. The van der Waals surface area contributed by atoms with Gasteiger partial charge < -0.3 is 25.6 Å². The second kappa shape index (κ2) is 10.2. The highest BCUT2D eigenvalue weighted by molar-refractivity contribution is 7.13. The Morgan fingerprint density at radius 1 is 1.32 bits per heavy atom. The predicted molar refractivity (Wildman–Crippen MR) is 125 cm³/mol. The van der Waals surface area contributed by atoms with Crippen molar-refractivity contribution in [3.8, 4) is 22.8 Å². The van der Waals surface area contributed by atoms with Crippen LogP contribution >= 0.6 is 11.3 Å². The summed E-state index contributed by atoms with van der Waals surface area (Å²) in [5.74, 6) is 0.134. The predicted octanol–water partition coefficient (Wildman–Crippen LogP) is 2.59. The van der Waals surface area contributed by atoms with Crippen molar-refractivity contribution in [2.24, 2.45) is 5.73 Å². The highest BCUT2D eigenvalue weighted by atomic mass is 32.1. The monoisotopic (exact) mass is 482 g/mol. The normalized spacial score (nSPS) is 18.7. The third kappa shape index (κ3) is 5.04. The van der Waals surface area contributed by atoms with Gasteiger partial charge in [0, 0.05) is 6.04 Å². The lowest BCUT2D eigenvalue weighted by Gasteiger charge is -2.29. The molecule has 1 aliphatic rings. The molecule has 178 valence electrons. The standard InChI is InChI=1S/C23H26N6O4S/c1-13-18(12-26-29(13)16-7-3-14(11-24)4-8-16)21(31)27-15-5-9-17(10-6-15)33-22-19(20(25)30)34-23(28-22)32-2/h3-4,7-8,12,15,17,20,30H,5-6,9-10,25H2,1-2H3,(H,27,31)/t15-,17-,20?. The molecular weight excluding hydrogens is 456 g/mol. The first-order chi connectivity index (χ1) is 16.4. The molecule has 0 bridgehead atoms. The van der Waals surface area contributed by atoms with Gasteiger partial charge in [-0.25, -0.2) is 4.68 Å². The van der Waals surface area contributed by atoms with Gasteiger partial charge >= 0.3 is 0 Å². The van der Waals surface area contributed by atoms with Gasteiger partial charge in [-0.1, -0.05) is 11.3 Å². The van der Waals surface area contributed by atoms with Crippen molar-refractivity contribution in [1.82, 2.24) is 20.1 Å². The second-order valence-corrected chi connectivity index (χ2v) is 9.07. The van der Waals surface area contributed by atoms with E-state index in [1.165, 1.54) is 7.11 Å². The van der Waals surface area contributed by atoms with Crippen LogP contribution in [0.4, 0.5) is 0 Å². The van der Waals surface area contributed by atoms with Crippen LogP contribution in [0.15, 0.2) is 30.5 Å². The van der Waals surface area contributed by atoms with Gasteiger partial charge in [0.25, 0.3) is 11.1 Å². The number of nitrogens with zero attached hydrogens (tertiary/aromatic N) is 4. The average molecular weight is 483 g/mol. The summed E-state index contributed by atoms with van der Waals surface area (Å²) in [4.78, 5) is 17.6.